The Balaban J connectivity index is 1.23. The van der Waals surface area contributed by atoms with Crippen LogP contribution in [-0.2, 0) is 16.4 Å². The number of piperidine rings is 1. The molecule has 2 fully saturated rings. The van der Waals surface area contributed by atoms with Crippen LogP contribution in [0.25, 0.3) is 0 Å². The molecular weight excluding hydrogens is 505 g/mol. The van der Waals surface area contributed by atoms with E-state index in [0.29, 0.717) is 28.6 Å². The third-order valence-corrected chi connectivity index (χ3v) is 8.12. The largest absolute Gasteiger partial charge is 0.353 e. The molecule has 0 saturated carbocycles. The molecular formula is C25H35Cl2N5O2S. The molecule has 2 saturated heterocycles. The summed E-state index contributed by atoms with van der Waals surface area (Å²) < 4.78 is 25.4. The van der Waals surface area contributed by atoms with Crippen molar-refractivity contribution >= 4 is 44.7 Å². The lowest BCUT2D eigenvalue weighted by Crippen LogP contribution is -2.57. The fourth-order valence-electron chi connectivity index (χ4n) is 5.27. The van der Waals surface area contributed by atoms with Crippen molar-refractivity contribution in [1.29, 1.82) is 0 Å². The number of anilines is 2. The van der Waals surface area contributed by atoms with Gasteiger partial charge >= 0.3 is 0 Å². The lowest BCUT2D eigenvalue weighted by Gasteiger charge is -2.47. The van der Waals surface area contributed by atoms with Crippen molar-refractivity contribution in [2.24, 2.45) is 0 Å². The highest BCUT2D eigenvalue weighted by molar-refractivity contribution is 7.92. The number of aromatic nitrogens is 1. The van der Waals surface area contributed by atoms with Gasteiger partial charge in [0, 0.05) is 36.7 Å². The van der Waals surface area contributed by atoms with Crippen molar-refractivity contribution in [2.75, 3.05) is 55.1 Å². The molecule has 4 rings (SSSR count). The molecule has 2 aliphatic heterocycles. The topological polar surface area (TPSA) is 68.8 Å². The highest BCUT2D eigenvalue weighted by Crippen LogP contribution is 2.30. The van der Waals surface area contributed by atoms with Crippen LogP contribution in [0.5, 0.6) is 0 Å². The quantitative estimate of drug-likeness (QED) is 0.537. The first-order chi connectivity index (χ1) is 16.7. The van der Waals surface area contributed by atoms with Gasteiger partial charge in [-0.25, -0.2) is 13.4 Å². The minimum absolute atomic E-state index is 0.382. The predicted molar refractivity (Wildman–Crippen MR) is 145 cm³/mol. The number of pyridine rings is 1. The first-order valence-electron chi connectivity index (χ1n) is 12.3. The summed E-state index contributed by atoms with van der Waals surface area (Å²) in [5, 5.41) is 1.26. The standard InChI is InChI=1S/C25H35Cl2N5O2S/c1-19-18-31(25-24(27)16-22(17-28-25)29-35(2,33)34)14-15-32(19)23-9-12-30(13-10-23)11-3-4-20-5-7-21(26)8-6-20/h5-8,16-17,19,23,29H,3-4,9-15,18H2,1-2H3. The molecule has 0 aliphatic carbocycles. The van der Waals surface area contributed by atoms with Gasteiger partial charge in [0.05, 0.1) is 23.2 Å². The van der Waals surface area contributed by atoms with Gasteiger partial charge < -0.3 is 9.80 Å². The maximum Gasteiger partial charge on any atom is 0.229 e. The second-order valence-corrected chi connectivity index (χ2v) is 12.3. The average molecular weight is 541 g/mol. The number of sulfonamides is 1. The van der Waals surface area contributed by atoms with E-state index in [1.165, 1.54) is 31.0 Å². The molecule has 2 aromatic rings. The number of likely N-dealkylation sites (tertiary alicyclic amines) is 1. The highest BCUT2D eigenvalue weighted by Gasteiger charge is 2.32. The van der Waals surface area contributed by atoms with Crippen molar-refractivity contribution in [1.82, 2.24) is 14.8 Å². The van der Waals surface area contributed by atoms with Gasteiger partial charge in [0.25, 0.3) is 0 Å². The van der Waals surface area contributed by atoms with Crippen LogP contribution in [0.2, 0.25) is 10.0 Å². The SMILES string of the molecule is CC1CN(c2ncc(NS(C)(=O)=O)cc2Cl)CCN1C1CCN(CCCc2ccc(Cl)cc2)CC1. The third kappa shape index (κ3) is 7.46. The number of hydrogen-bond donors (Lipinski definition) is 1. The molecule has 35 heavy (non-hydrogen) atoms. The molecule has 1 N–H and O–H groups in total. The van der Waals surface area contributed by atoms with E-state index in [1.807, 2.05) is 12.1 Å². The summed E-state index contributed by atoms with van der Waals surface area (Å²) in [6, 6.07) is 10.8. The monoisotopic (exact) mass is 539 g/mol. The van der Waals surface area contributed by atoms with Gasteiger partial charge in [-0.05, 0) is 76.0 Å². The number of hydrogen-bond acceptors (Lipinski definition) is 6. The van der Waals surface area contributed by atoms with Gasteiger partial charge in [0.2, 0.25) is 10.0 Å². The van der Waals surface area contributed by atoms with Crippen molar-refractivity contribution in [3.05, 3.63) is 52.1 Å². The first kappa shape index (κ1) is 26.5. The second-order valence-electron chi connectivity index (χ2n) is 9.74. The maximum absolute atomic E-state index is 11.5. The fourth-order valence-corrected chi connectivity index (χ4v) is 6.22. The molecule has 0 amide bonds. The number of halogens is 2. The zero-order valence-electron chi connectivity index (χ0n) is 20.5. The van der Waals surface area contributed by atoms with E-state index in [0.717, 1.165) is 57.0 Å². The smallest absolute Gasteiger partial charge is 0.229 e. The highest BCUT2D eigenvalue weighted by atomic mass is 35.5. The Morgan fingerprint density at radius 1 is 1.09 bits per heavy atom. The first-order valence-corrected chi connectivity index (χ1v) is 14.9. The second kappa shape index (κ2) is 11.6. The van der Waals surface area contributed by atoms with Crippen LogP contribution in [-0.4, -0.2) is 80.8 Å². The van der Waals surface area contributed by atoms with Gasteiger partial charge in [-0.15, -0.1) is 0 Å². The molecule has 1 unspecified atom stereocenters. The number of rotatable bonds is 8. The van der Waals surface area contributed by atoms with E-state index in [1.54, 1.807) is 6.07 Å². The minimum Gasteiger partial charge on any atom is -0.353 e. The fraction of sp³-hybridized carbons (Fsp3) is 0.560. The lowest BCUT2D eigenvalue weighted by molar-refractivity contribution is 0.0711. The third-order valence-electron chi connectivity index (χ3n) is 6.98. The van der Waals surface area contributed by atoms with Crippen LogP contribution in [0.4, 0.5) is 11.5 Å². The summed E-state index contributed by atoms with van der Waals surface area (Å²) in [5.41, 5.74) is 1.74. The van der Waals surface area contributed by atoms with E-state index < -0.39 is 10.0 Å². The van der Waals surface area contributed by atoms with Crippen LogP contribution in [0.15, 0.2) is 36.5 Å². The number of nitrogens with one attached hydrogen (secondary N) is 1. The molecule has 1 aromatic carbocycles. The Labute approximate surface area is 219 Å². The van der Waals surface area contributed by atoms with Gasteiger partial charge in [-0.1, -0.05) is 35.3 Å². The zero-order valence-corrected chi connectivity index (χ0v) is 22.8. The van der Waals surface area contributed by atoms with E-state index in [-0.39, 0.29) is 0 Å². The number of piperazine rings is 1. The minimum atomic E-state index is -3.36. The Morgan fingerprint density at radius 2 is 1.80 bits per heavy atom. The summed E-state index contributed by atoms with van der Waals surface area (Å²) in [6.45, 7) is 8.42. The molecule has 3 heterocycles. The van der Waals surface area contributed by atoms with Gasteiger partial charge in [-0.2, -0.15) is 0 Å². The molecule has 10 heteroatoms. The number of benzene rings is 1. The average Bonchev–Trinajstić information content (AvgIpc) is 2.80. The number of aryl methyl sites for hydroxylation is 1. The number of nitrogens with zero attached hydrogens (tertiary/aromatic N) is 4. The van der Waals surface area contributed by atoms with Crippen molar-refractivity contribution in [3.63, 3.8) is 0 Å². The Morgan fingerprint density at radius 3 is 2.43 bits per heavy atom. The Bertz CT molecular complexity index is 1090. The van der Waals surface area contributed by atoms with Crippen molar-refractivity contribution < 1.29 is 8.42 Å². The van der Waals surface area contributed by atoms with E-state index in [2.05, 4.69) is 43.5 Å². The summed E-state index contributed by atoms with van der Waals surface area (Å²) in [7, 11) is -3.36. The molecule has 0 radical (unpaired) electrons. The summed E-state index contributed by atoms with van der Waals surface area (Å²) in [4.78, 5) is 11.9. The van der Waals surface area contributed by atoms with Gasteiger partial charge in [0.1, 0.15) is 5.82 Å². The van der Waals surface area contributed by atoms with Crippen molar-refractivity contribution in [2.45, 2.75) is 44.7 Å². The Kier molecular flexibility index (Phi) is 8.81. The lowest BCUT2D eigenvalue weighted by atomic mass is 9.99. The normalized spacial score (nSPS) is 20.8. The van der Waals surface area contributed by atoms with Crippen LogP contribution >= 0.6 is 23.2 Å². The molecule has 192 valence electrons. The predicted octanol–water partition coefficient (Wildman–Crippen LogP) is 4.37. The van der Waals surface area contributed by atoms with E-state index in [9.17, 15) is 8.42 Å². The molecule has 1 atom stereocenters. The molecule has 1 aromatic heterocycles. The summed E-state index contributed by atoms with van der Waals surface area (Å²) in [5.74, 6) is 0.715. The van der Waals surface area contributed by atoms with E-state index in [4.69, 9.17) is 23.2 Å². The molecule has 0 spiro atoms. The summed E-state index contributed by atoms with van der Waals surface area (Å²) in [6.07, 6.45) is 7.32. The van der Waals surface area contributed by atoms with Crippen LogP contribution in [0.3, 0.4) is 0 Å². The van der Waals surface area contributed by atoms with Crippen molar-refractivity contribution in [3.8, 4) is 0 Å². The maximum atomic E-state index is 11.5. The van der Waals surface area contributed by atoms with E-state index >= 15 is 0 Å². The van der Waals surface area contributed by atoms with Crippen LogP contribution in [0.1, 0.15) is 31.7 Å². The van der Waals surface area contributed by atoms with Gasteiger partial charge in [-0.3, -0.25) is 9.62 Å². The molecule has 0 bridgehead atoms. The Hall–Kier alpha value is -1.58. The van der Waals surface area contributed by atoms with Crippen LogP contribution < -0.4 is 9.62 Å². The van der Waals surface area contributed by atoms with Crippen LogP contribution in [0, 0.1) is 0 Å². The zero-order chi connectivity index (χ0) is 25.0. The van der Waals surface area contributed by atoms with Gasteiger partial charge in [0.15, 0.2) is 0 Å². The summed E-state index contributed by atoms with van der Waals surface area (Å²) >= 11 is 12.4. The molecule has 7 nitrogen and oxygen atoms in total. The molecule has 2 aliphatic rings.